The molecular weight excluding hydrogens is 298 g/mol. The number of hydrogen-bond donors (Lipinski definition) is 2. The topological polar surface area (TPSA) is 66.4 Å². The molecular formula is C17H23NO3S. The second-order valence-electron chi connectivity index (χ2n) is 6.29. The van der Waals surface area contributed by atoms with Gasteiger partial charge in [-0.05, 0) is 37.3 Å². The van der Waals surface area contributed by atoms with Gasteiger partial charge in [0.2, 0.25) is 0 Å². The van der Waals surface area contributed by atoms with Crippen molar-refractivity contribution in [3.63, 3.8) is 0 Å². The summed E-state index contributed by atoms with van der Waals surface area (Å²) in [6.45, 7) is 4.52. The Balaban J connectivity index is 2.04. The number of nitrogens with one attached hydrogen (secondary N) is 1. The molecule has 0 spiro atoms. The molecule has 0 bridgehead atoms. The molecule has 0 saturated heterocycles. The Bertz CT molecular complexity index is 553. The van der Waals surface area contributed by atoms with Crippen molar-refractivity contribution in [3.8, 4) is 0 Å². The maximum atomic E-state index is 12.4. The lowest BCUT2D eigenvalue weighted by molar-refractivity contribution is -0.136. The number of carboxylic acids is 1. The van der Waals surface area contributed by atoms with E-state index in [1.165, 1.54) is 24.6 Å². The number of rotatable bonds is 6. The molecule has 1 aromatic carbocycles. The third-order valence-corrected chi connectivity index (χ3v) is 5.43. The summed E-state index contributed by atoms with van der Waals surface area (Å²) in [5.41, 5.74) is 0.758. The van der Waals surface area contributed by atoms with E-state index in [0.717, 1.165) is 12.8 Å². The Hall–Kier alpha value is -1.49. The van der Waals surface area contributed by atoms with E-state index in [-0.39, 0.29) is 11.3 Å². The number of carboxylic acid groups (broad SMARTS) is 1. The van der Waals surface area contributed by atoms with Crippen LogP contribution in [0.15, 0.2) is 29.2 Å². The Morgan fingerprint density at radius 2 is 1.95 bits per heavy atom. The number of hydrogen-bond acceptors (Lipinski definition) is 3. The van der Waals surface area contributed by atoms with Crippen LogP contribution in [0.2, 0.25) is 0 Å². The van der Waals surface area contributed by atoms with Crippen LogP contribution in [-0.2, 0) is 4.79 Å². The third-order valence-electron chi connectivity index (χ3n) is 4.27. The molecule has 5 heteroatoms. The molecule has 1 aliphatic rings. The number of carbonyl (C=O) groups is 2. The molecule has 0 heterocycles. The summed E-state index contributed by atoms with van der Waals surface area (Å²) in [6, 6.07) is 7.19. The fraction of sp³-hybridized carbons (Fsp3) is 0.529. The standard InChI is InChI=1S/C17H23NO3S/c1-12(16(20)21)22-14-8-4-3-7-13(14)15(19)18-11-17(2)9-5-6-10-17/h3-4,7-8,12H,5-6,9-11H2,1-2H3,(H,18,19)(H,20,21). The number of thioether (sulfide) groups is 1. The lowest BCUT2D eigenvalue weighted by atomic mass is 9.89. The summed E-state index contributed by atoms with van der Waals surface area (Å²) >= 11 is 1.20. The van der Waals surface area contributed by atoms with Crippen molar-refractivity contribution in [1.82, 2.24) is 5.32 Å². The van der Waals surface area contributed by atoms with E-state index in [2.05, 4.69) is 12.2 Å². The molecule has 22 heavy (non-hydrogen) atoms. The molecule has 1 saturated carbocycles. The first kappa shape index (κ1) is 16.9. The van der Waals surface area contributed by atoms with Gasteiger partial charge < -0.3 is 10.4 Å². The molecule has 1 atom stereocenters. The summed E-state index contributed by atoms with van der Waals surface area (Å²) < 4.78 is 0. The van der Waals surface area contributed by atoms with Crippen LogP contribution in [0.4, 0.5) is 0 Å². The summed E-state index contributed by atoms with van der Waals surface area (Å²) in [6.07, 6.45) is 4.77. The lowest BCUT2D eigenvalue weighted by Crippen LogP contribution is -2.34. The first-order valence-electron chi connectivity index (χ1n) is 7.68. The van der Waals surface area contributed by atoms with Gasteiger partial charge in [-0.1, -0.05) is 31.9 Å². The highest BCUT2D eigenvalue weighted by Crippen LogP contribution is 2.36. The van der Waals surface area contributed by atoms with Crippen LogP contribution in [0, 0.1) is 5.41 Å². The van der Waals surface area contributed by atoms with E-state index in [1.807, 2.05) is 12.1 Å². The molecule has 0 aliphatic heterocycles. The molecule has 1 amide bonds. The number of amides is 1. The van der Waals surface area contributed by atoms with Crippen molar-refractivity contribution in [2.24, 2.45) is 5.41 Å². The van der Waals surface area contributed by atoms with Crippen LogP contribution in [-0.4, -0.2) is 28.8 Å². The third kappa shape index (κ3) is 4.26. The highest BCUT2D eigenvalue weighted by molar-refractivity contribution is 8.00. The van der Waals surface area contributed by atoms with Gasteiger partial charge in [0.25, 0.3) is 5.91 Å². The van der Waals surface area contributed by atoms with Crippen LogP contribution < -0.4 is 5.32 Å². The average Bonchev–Trinajstić information content (AvgIpc) is 2.92. The SMILES string of the molecule is CC(Sc1ccccc1C(=O)NCC1(C)CCCC1)C(=O)O. The van der Waals surface area contributed by atoms with Crippen LogP contribution in [0.3, 0.4) is 0 Å². The quantitative estimate of drug-likeness (QED) is 0.786. The molecule has 120 valence electrons. The number of carbonyl (C=O) groups excluding carboxylic acids is 1. The second kappa shape index (κ2) is 7.18. The van der Waals surface area contributed by atoms with Crippen molar-refractivity contribution >= 4 is 23.6 Å². The van der Waals surface area contributed by atoms with Crippen LogP contribution in [0.5, 0.6) is 0 Å². The van der Waals surface area contributed by atoms with Gasteiger partial charge in [-0.15, -0.1) is 11.8 Å². The maximum Gasteiger partial charge on any atom is 0.316 e. The van der Waals surface area contributed by atoms with Gasteiger partial charge in [-0.3, -0.25) is 9.59 Å². The average molecular weight is 321 g/mol. The van der Waals surface area contributed by atoms with Gasteiger partial charge in [0.05, 0.1) is 5.56 Å². The Morgan fingerprint density at radius 3 is 2.59 bits per heavy atom. The summed E-state index contributed by atoms with van der Waals surface area (Å²) in [4.78, 5) is 24.2. The van der Waals surface area contributed by atoms with Gasteiger partial charge in [0.1, 0.15) is 5.25 Å². The van der Waals surface area contributed by atoms with Crippen LogP contribution >= 0.6 is 11.8 Å². The minimum atomic E-state index is -0.876. The second-order valence-corrected chi connectivity index (χ2v) is 7.68. The smallest absolute Gasteiger partial charge is 0.316 e. The Labute approximate surface area is 135 Å². The van der Waals surface area contributed by atoms with Gasteiger partial charge in [0, 0.05) is 11.4 Å². The molecule has 2 rings (SSSR count). The van der Waals surface area contributed by atoms with E-state index < -0.39 is 11.2 Å². The van der Waals surface area contributed by atoms with E-state index in [1.54, 1.807) is 19.1 Å². The summed E-state index contributed by atoms with van der Waals surface area (Å²) in [5, 5.41) is 11.5. The Morgan fingerprint density at radius 1 is 1.32 bits per heavy atom. The van der Waals surface area contributed by atoms with Gasteiger partial charge in [0.15, 0.2) is 0 Å². The van der Waals surface area contributed by atoms with Gasteiger partial charge in [-0.25, -0.2) is 0 Å². The molecule has 0 radical (unpaired) electrons. The zero-order valence-electron chi connectivity index (χ0n) is 13.1. The zero-order valence-corrected chi connectivity index (χ0v) is 13.9. The van der Waals surface area contributed by atoms with Gasteiger partial charge >= 0.3 is 5.97 Å². The van der Waals surface area contributed by atoms with E-state index in [9.17, 15) is 9.59 Å². The maximum absolute atomic E-state index is 12.4. The zero-order chi connectivity index (χ0) is 16.2. The minimum Gasteiger partial charge on any atom is -0.480 e. The molecule has 1 aliphatic carbocycles. The van der Waals surface area contributed by atoms with Crippen molar-refractivity contribution in [2.75, 3.05) is 6.54 Å². The van der Waals surface area contributed by atoms with E-state index in [4.69, 9.17) is 5.11 Å². The largest absolute Gasteiger partial charge is 0.480 e. The normalized spacial score (nSPS) is 17.9. The Kier molecular flexibility index (Phi) is 5.51. The molecule has 2 N–H and O–H groups in total. The fourth-order valence-corrected chi connectivity index (χ4v) is 3.72. The van der Waals surface area contributed by atoms with E-state index >= 15 is 0 Å². The molecule has 0 aromatic heterocycles. The predicted molar refractivity (Wildman–Crippen MR) is 88.3 cm³/mol. The van der Waals surface area contributed by atoms with Gasteiger partial charge in [-0.2, -0.15) is 0 Å². The van der Waals surface area contributed by atoms with Crippen LogP contribution in [0.25, 0.3) is 0 Å². The van der Waals surface area contributed by atoms with Crippen molar-refractivity contribution in [3.05, 3.63) is 29.8 Å². The predicted octanol–water partition coefficient (Wildman–Crippen LogP) is 3.56. The van der Waals surface area contributed by atoms with E-state index in [0.29, 0.717) is 17.0 Å². The fourth-order valence-electron chi connectivity index (χ4n) is 2.79. The highest BCUT2D eigenvalue weighted by Gasteiger charge is 2.29. The first-order valence-corrected chi connectivity index (χ1v) is 8.56. The molecule has 1 aromatic rings. The van der Waals surface area contributed by atoms with Crippen LogP contribution in [0.1, 0.15) is 49.9 Å². The number of aliphatic carboxylic acids is 1. The molecule has 4 nitrogen and oxygen atoms in total. The first-order chi connectivity index (χ1) is 10.4. The minimum absolute atomic E-state index is 0.117. The monoisotopic (exact) mass is 321 g/mol. The van der Waals surface area contributed by atoms with Crippen molar-refractivity contribution in [2.45, 2.75) is 49.7 Å². The molecule has 1 unspecified atom stereocenters. The lowest BCUT2D eigenvalue weighted by Gasteiger charge is -2.24. The number of benzene rings is 1. The summed E-state index contributed by atoms with van der Waals surface area (Å²) in [7, 11) is 0. The van der Waals surface area contributed by atoms with Crippen molar-refractivity contribution < 1.29 is 14.7 Å². The molecule has 1 fully saturated rings. The highest BCUT2D eigenvalue weighted by atomic mass is 32.2. The summed E-state index contributed by atoms with van der Waals surface area (Å²) in [5.74, 6) is -0.993. The van der Waals surface area contributed by atoms with Crippen molar-refractivity contribution in [1.29, 1.82) is 0 Å².